The first-order valence-corrected chi connectivity index (χ1v) is 6.72. The Balaban J connectivity index is 0.00000176. The monoisotopic (exact) mass is 313 g/mol. The minimum atomic E-state index is 0. The lowest BCUT2D eigenvalue weighted by atomic mass is 10.1. The molecule has 0 unspecified atom stereocenters. The molecule has 3 aromatic rings. The molecule has 2 aromatic carbocycles. The minimum Gasteiger partial charge on any atom is -1.00 e. The van der Waals surface area contributed by atoms with Crippen molar-refractivity contribution in [3.63, 3.8) is 0 Å². The van der Waals surface area contributed by atoms with Crippen LogP contribution in [0.15, 0.2) is 59.8 Å². The highest BCUT2D eigenvalue weighted by Crippen LogP contribution is 2.19. The van der Waals surface area contributed by atoms with E-state index >= 15 is 0 Å². The second kappa shape index (κ2) is 6.91. The molecule has 0 spiro atoms. The van der Waals surface area contributed by atoms with E-state index in [-0.39, 0.29) is 18.2 Å². The summed E-state index contributed by atoms with van der Waals surface area (Å²) in [6, 6.07) is 15.3. The Kier molecular flexibility index (Phi) is 4.96. The molecule has 0 aliphatic rings. The lowest BCUT2D eigenvalue weighted by molar-refractivity contribution is -0.344. The van der Waals surface area contributed by atoms with Crippen LogP contribution in [0.5, 0.6) is 5.75 Å². The normalized spacial score (nSPS) is 10.6. The number of halogens is 1. The zero-order chi connectivity index (χ0) is 14.7. The summed E-state index contributed by atoms with van der Waals surface area (Å²) in [5.74, 6) is 0.220. The molecule has 0 amide bonds. The Morgan fingerprint density at radius 3 is 2.82 bits per heavy atom. The van der Waals surface area contributed by atoms with Gasteiger partial charge in [-0.15, -0.1) is 0 Å². The summed E-state index contributed by atoms with van der Waals surface area (Å²) >= 11 is 0. The molecule has 1 heterocycles. The Morgan fingerprint density at radius 1 is 1.14 bits per heavy atom. The zero-order valence-electron chi connectivity index (χ0n) is 12.0. The largest absolute Gasteiger partial charge is 1.00 e. The number of benzene rings is 2. The van der Waals surface area contributed by atoms with Gasteiger partial charge in [0.25, 0.3) is 0 Å². The van der Waals surface area contributed by atoms with Gasteiger partial charge in [0, 0.05) is 17.7 Å². The van der Waals surface area contributed by atoms with Crippen LogP contribution in [0.1, 0.15) is 11.1 Å². The van der Waals surface area contributed by atoms with Crippen molar-refractivity contribution in [3.8, 4) is 5.75 Å². The van der Waals surface area contributed by atoms with Crippen LogP contribution in [0.2, 0.25) is 0 Å². The van der Waals surface area contributed by atoms with Crippen molar-refractivity contribution in [1.82, 2.24) is 0 Å². The van der Waals surface area contributed by atoms with E-state index in [0.717, 1.165) is 22.2 Å². The van der Waals surface area contributed by atoms with E-state index in [4.69, 9.17) is 0 Å². The van der Waals surface area contributed by atoms with Gasteiger partial charge in [-0.3, -0.25) is 5.43 Å². The molecule has 0 atom stereocenters. The Morgan fingerprint density at radius 2 is 1.95 bits per heavy atom. The fourth-order valence-corrected chi connectivity index (χ4v) is 2.19. The van der Waals surface area contributed by atoms with Crippen LogP contribution in [0.3, 0.4) is 0 Å². The second-order valence-corrected chi connectivity index (χ2v) is 4.87. The molecule has 22 heavy (non-hydrogen) atoms. The third kappa shape index (κ3) is 3.35. The van der Waals surface area contributed by atoms with E-state index in [1.807, 2.05) is 55.6 Å². The van der Waals surface area contributed by atoms with Gasteiger partial charge in [-0.1, -0.05) is 23.8 Å². The van der Waals surface area contributed by atoms with E-state index in [0.29, 0.717) is 5.56 Å². The number of phenolic OH excluding ortho intramolecular Hbond substituents is 1. The molecule has 0 saturated heterocycles. The first-order valence-electron chi connectivity index (χ1n) is 6.72. The molecule has 4 nitrogen and oxygen atoms in total. The summed E-state index contributed by atoms with van der Waals surface area (Å²) in [7, 11) is 0. The van der Waals surface area contributed by atoms with Crippen LogP contribution in [0.25, 0.3) is 10.9 Å². The fraction of sp³-hybridized carbons (Fsp3) is 0.0588. The fourth-order valence-electron chi connectivity index (χ4n) is 2.19. The van der Waals surface area contributed by atoms with Gasteiger partial charge in [-0.05, 0) is 25.1 Å². The van der Waals surface area contributed by atoms with Crippen LogP contribution in [-0.4, -0.2) is 11.3 Å². The van der Waals surface area contributed by atoms with Crippen molar-refractivity contribution in [3.05, 3.63) is 65.9 Å². The maximum Gasteiger partial charge on any atom is 0.212 e. The number of para-hydroxylation sites is 1. The number of aromatic amines is 1. The van der Waals surface area contributed by atoms with Crippen molar-refractivity contribution in [2.75, 3.05) is 5.43 Å². The SMILES string of the molecule is Cc1ccc(O)c(/C=N/Nc2cc[nH+]c3ccccc23)c1.[Cl-]. The molecule has 112 valence electrons. The quantitative estimate of drug-likeness (QED) is 0.533. The zero-order valence-corrected chi connectivity index (χ0v) is 12.8. The Hall–Kier alpha value is -2.59. The smallest absolute Gasteiger partial charge is 0.212 e. The number of phenols is 1. The van der Waals surface area contributed by atoms with Gasteiger partial charge in [0.05, 0.1) is 17.3 Å². The third-order valence-corrected chi connectivity index (χ3v) is 3.28. The van der Waals surface area contributed by atoms with Gasteiger partial charge >= 0.3 is 0 Å². The standard InChI is InChI=1S/C17H15N3O.ClH/c1-12-6-7-17(21)13(10-12)11-19-20-16-8-9-18-15-5-3-2-4-14(15)16;/h2-11,21H,1H3,(H,18,20);1H/b19-11+;. The van der Waals surface area contributed by atoms with Crippen LogP contribution in [0.4, 0.5) is 5.69 Å². The Bertz CT molecular complexity index is 813. The number of anilines is 1. The van der Waals surface area contributed by atoms with Crippen LogP contribution in [0, 0.1) is 6.92 Å². The first kappa shape index (κ1) is 15.8. The number of nitrogens with one attached hydrogen (secondary N) is 2. The van der Waals surface area contributed by atoms with Crippen LogP contribution in [-0.2, 0) is 0 Å². The number of nitrogens with zero attached hydrogens (tertiary/aromatic N) is 1. The lowest BCUT2D eigenvalue weighted by Gasteiger charge is -2.03. The highest BCUT2D eigenvalue weighted by atomic mass is 35.5. The molecule has 0 aliphatic heterocycles. The summed E-state index contributed by atoms with van der Waals surface area (Å²) in [6.07, 6.45) is 3.48. The van der Waals surface area contributed by atoms with Gasteiger partial charge in [0.1, 0.15) is 5.75 Å². The number of fused-ring (bicyclic) bond motifs is 1. The molecular formula is C17H16ClN3O. The number of aromatic hydroxyl groups is 1. The molecule has 3 N–H and O–H groups in total. The van der Waals surface area contributed by atoms with Gasteiger partial charge in [0.15, 0.2) is 6.20 Å². The summed E-state index contributed by atoms with van der Waals surface area (Å²) in [5.41, 5.74) is 6.74. The first-order chi connectivity index (χ1) is 10.2. The van der Waals surface area contributed by atoms with Crippen LogP contribution < -0.4 is 22.8 Å². The van der Waals surface area contributed by atoms with Crippen LogP contribution >= 0.6 is 0 Å². The molecule has 3 rings (SSSR count). The number of pyridine rings is 1. The average Bonchev–Trinajstić information content (AvgIpc) is 2.51. The highest BCUT2D eigenvalue weighted by molar-refractivity contribution is 5.90. The van der Waals surface area contributed by atoms with Gasteiger partial charge in [-0.2, -0.15) is 5.10 Å². The van der Waals surface area contributed by atoms with Crippen molar-refractivity contribution in [2.45, 2.75) is 6.92 Å². The number of hydrogen-bond acceptors (Lipinski definition) is 3. The molecule has 0 radical (unpaired) electrons. The third-order valence-electron chi connectivity index (χ3n) is 3.28. The summed E-state index contributed by atoms with van der Waals surface area (Å²) < 4.78 is 0. The molecule has 0 aliphatic carbocycles. The average molecular weight is 314 g/mol. The lowest BCUT2D eigenvalue weighted by Crippen LogP contribution is -3.00. The minimum absolute atomic E-state index is 0. The predicted molar refractivity (Wildman–Crippen MR) is 84.6 cm³/mol. The molecule has 0 fully saturated rings. The number of aryl methyl sites for hydroxylation is 1. The number of aromatic nitrogens is 1. The van der Waals surface area contributed by atoms with E-state index in [2.05, 4.69) is 15.5 Å². The summed E-state index contributed by atoms with van der Waals surface area (Å²) in [4.78, 5) is 3.18. The maximum absolute atomic E-state index is 9.78. The van der Waals surface area contributed by atoms with Gasteiger partial charge in [-0.25, -0.2) is 4.98 Å². The van der Waals surface area contributed by atoms with Crippen molar-refractivity contribution in [1.29, 1.82) is 0 Å². The predicted octanol–water partition coefficient (Wildman–Crippen LogP) is 0.118. The van der Waals surface area contributed by atoms with Crippen molar-refractivity contribution < 1.29 is 22.5 Å². The number of hydrazone groups is 1. The topological polar surface area (TPSA) is 58.8 Å². The Labute approximate surface area is 134 Å². The maximum atomic E-state index is 9.78. The van der Waals surface area contributed by atoms with Gasteiger partial charge in [0.2, 0.25) is 5.52 Å². The molecule has 5 heteroatoms. The molecule has 0 saturated carbocycles. The number of H-pyrrole nitrogens is 1. The number of rotatable bonds is 3. The molecule has 0 bridgehead atoms. The summed E-state index contributed by atoms with van der Waals surface area (Å²) in [6.45, 7) is 1.98. The van der Waals surface area contributed by atoms with E-state index in [1.165, 1.54) is 0 Å². The second-order valence-electron chi connectivity index (χ2n) is 4.87. The van der Waals surface area contributed by atoms with E-state index < -0.39 is 0 Å². The van der Waals surface area contributed by atoms with Crippen molar-refractivity contribution >= 4 is 22.8 Å². The molecular weight excluding hydrogens is 298 g/mol. The van der Waals surface area contributed by atoms with Gasteiger partial charge < -0.3 is 17.5 Å². The summed E-state index contributed by atoms with van der Waals surface area (Å²) in [5, 5.41) is 15.1. The van der Waals surface area contributed by atoms with Crippen molar-refractivity contribution in [2.24, 2.45) is 5.10 Å². The van der Waals surface area contributed by atoms with E-state index in [1.54, 1.807) is 12.3 Å². The highest BCUT2D eigenvalue weighted by Gasteiger charge is 2.04. The molecule has 1 aromatic heterocycles. The van der Waals surface area contributed by atoms with E-state index in [9.17, 15) is 5.11 Å². The number of hydrogen-bond donors (Lipinski definition) is 2.